The lowest BCUT2D eigenvalue weighted by atomic mass is 10.0. The van der Waals surface area contributed by atoms with E-state index in [1.165, 1.54) is 5.56 Å². The van der Waals surface area contributed by atoms with E-state index in [1.54, 1.807) is 18.0 Å². The minimum atomic E-state index is -0.243. The fourth-order valence-corrected chi connectivity index (χ4v) is 3.43. The molecule has 1 amide bonds. The van der Waals surface area contributed by atoms with Gasteiger partial charge >= 0.3 is 0 Å². The van der Waals surface area contributed by atoms with E-state index in [4.69, 9.17) is 0 Å². The molecule has 0 saturated heterocycles. The molecule has 0 bridgehead atoms. The van der Waals surface area contributed by atoms with E-state index in [0.717, 1.165) is 16.2 Å². The van der Waals surface area contributed by atoms with Gasteiger partial charge in [0.1, 0.15) is 0 Å². The predicted molar refractivity (Wildman–Crippen MR) is 103 cm³/mol. The molecule has 0 saturated carbocycles. The van der Waals surface area contributed by atoms with Crippen LogP contribution in [0, 0.1) is 6.92 Å². The third kappa shape index (κ3) is 4.70. The maximum Gasteiger partial charge on any atom is 0.231 e. The number of hydrogen-bond acceptors (Lipinski definition) is 3. The summed E-state index contributed by atoms with van der Waals surface area (Å²) in [5.41, 5.74) is 3.04. The van der Waals surface area contributed by atoms with Crippen molar-refractivity contribution in [2.75, 3.05) is 5.75 Å². The molecule has 3 rings (SSSR count). The molecule has 3 aromatic rings. The molecule has 2 aromatic carbocycles. The number of carbonyl (C=O) groups excluding carboxylic acids is 1. The van der Waals surface area contributed by atoms with Gasteiger partial charge in [0.2, 0.25) is 5.91 Å². The first kappa shape index (κ1) is 17.2. The Balaban J connectivity index is 1.72. The van der Waals surface area contributed by atoms with Crippen molar-refractivity contribution in [3.63, 3.8) is 0 Å². The van der Waals surface area contributed by atoms with Crippen molar-refractivity contribution in [3.8, 4) is 0 Å². The van der Waals surface area contributed by atoms with Gasteiger partial charge in [-0.3, -0.25) is 9.78 Å². The van der Waals surface area contributed by atoms with Crippen LogP contribution in [-0.2, 0) is 4.79 Å². The van der Waals surface area contributed by atoms with Gasteiger partial charge in [-0.2, -0.15) is 0 Å². The van der Waals surface area contributed by atoms with Crippen molar-refractivity contribution in [2.24, 2.45) is 0 Å². The van der Waals surface area contributed by atoms with Crippen LogP contribution in [0.3, 0.4) is 0 Å². The molecular weight excluding hydrogens is 328 g/mol. The maximum absolute atomic E-state index is 12.5. The molecule has 0 aliphatic carbocycles. The average Bonchev–Trinajstić information content (AvgIpc) is 2.67. The summed E-state index contributed by atoms with van der Waals surface area (Å²) in [6.07, 6.45) is 1.75. The summed E-state index contributed by atoms with van der Waals surface area (Å²) in [5.74, 6) is 0.369. The zero-order valence-electron chi connectivity index (χ0n) is 14.1. The first-order chi connectivity index (χ1) is 12.2. The highest BCUT2D eigenvalue weighted by atomic mass is 32.2. The molecule has 1 heterocycles. The number of nitrogens with one attached hydrogen (secondary N) is 1. The number of carbonyl (C=O) groups is 1. The van der Waals surface area contributed by atoms with Gasteiger partial charge in [-0.15, -0.1) is 11.8 Å². The van der Waals surface area contributed by atoms with Crippen LogP contribution in [0.5, 0.6) is 0 Å². The Bertz CT molecular complexity index is 782. The van der Waals surface area contributed by atoms with E-state index in [-0.39, 0.29) is 11.9 Å². The van der Waals surface area contributed by atoms with Crippen molar-refractivity contribution in [1.29, 1.82) is 0 Å². The quantitative estimate of drug-likeness (QED) is 0.672. The monoisotopic (exact) mass is 348 g/mol. The number of amides is 1. The summed E-state index contributed by atoms with van der Waals surface area (Å²) in [7, 11) is 0. The van der Waals surface area contributed by atoms with Gasteiger partial charge < -0.3 is 5.32 Å². The number of pyridine rings is 1. The molecule has 3 nitrogen and oxygen atoms in total. The second kappa shape index (κ2) is 8.49. The van der Waals surface area contributed by atoms with Crippen molar-refractivity contribution in [2.45, 2.75) is 17.9 Å². The Morgan fingerprint density at radius 2 is 1.72 bits per heavy atom. The van der Waals surface area contributed by atoms with Crippen molar-refractivity contribution >= 4 is 17.7 Å². The molecule has 0 aliphatic heterocycles. The molecule has 1 N–H and O–H groups in total. The molecule has 1 aromatic heterocycles. The normalized spacial score (nSPS) is 11.7. The van der Waals surface area contributed by atoms with Crippen LogP contribution in [0.25, 0.3) is 0 Å². The van der Waals surface area contributed by atoms with Gasteiger partial charge in [0.05, 0.1) is 17.5 Å². The van der Waals surface area contributed by atoms with Gasteiger partial charge in [0, 0.05) is 11.1 Å². The second-order valence-electron chi connectivity index (χ2n) is 5.72. The molecule has 0 aliphatic rings. The first-order valence-electron chi connectivity index (χ1n) is 8.18. The standard InChI is InChI=1S/C21H20N2OS/c1-16-9-5-6-13-19(16)25-15-20(24)23-21(17-10-3-2-4-11-17)18-12-7-8-14-22-18/h2-14,21H,15H2,1H3,(H,23,24). The molecule has 1 atom stereocenters. The SMILES string of the molecule is Cc1ccccc1SCC(=O)NC(c1ccccc1)c1ccccn1. The molecule has 126 valence electrons. The largest absolute Gasteiger partial charge is 0.343 e. The molecule has 0 spiro atoms. The fraction of sp³-hybridized carbons (Fsp3) is 0.143. The first-order valence-corrected chi connectivity index (χ1v) is 9.16. The molecule has 0 radical (unpaired) electrons. The summed E-state index contributed by atoms with van der Waals surface area (Å²) < 4.78 is 0. The smallest absolute Gasteiger partial charge is 0.231 e. The van der Waals surface area contributed by atoms with E-state index in [2.05, 4.69) is 23.3 Å². The topological polar surface area (TPSA) is 42.0 Å². The van der Waals surface area contributed by atoms with E-state index in [0.29, 0.717) is 5.75 Å². The lowest BCUT2D eigenvalue weighted by Gasteiger charge is -2.19. The van der Waals surface area contributed by atoms with Gasteiger partial charge in [0.15, 0.2) is 0 Å². The third-order valence-corrected chi connectivity index (χ3v) is 5.05. The number of benzene rings is 2. The van der Waals surface area contributed by atoms with Crippen LogP contribution in [-0.4, -0.2) is 16.6 Å². The zero-order valence-corrected chi connectivity index (χ0v) is 14.9. The van der Waals surface area contributed by atoms with E-state index < -0.39 is 0 Å². The highest BCUT2D eigenvalue weighted by Gasteiger charge is 2.17. The van der Waals surface area contributed by atoms with E-state index >= 15 is 0 Å². The third-order valence-electron chi connectivity index (χ3n) is 3.87. The fourth-order valence-electron chi connectivity index (χ4n) is 2.58. The van der Waals surface area contributed by atoms with Crippen molar-refractivity contribution in [1.82, 2.24) is 10.3 Å². The number of aryl methyl sites for hydroxylation is 1. The van der Waals surface area contributed by atoms with Crippen LogP contribution in [0.15, 0.2) is 83.9 Å². The Kier molecular flexibility index (Phi) is 5.86. The minimum Gasteiger partial charge on any atom is -0.343 e. The Morgan fingerprint density at radius 1 is 1.00 bits per heavy atom. The summed E-state index contributed by atoms with van der Waals surface area (Å²) in [4.78, 5) is 18.1. The van der Waals surface area contributed by atoms with Crippen LogP contribution in [0.2, 0.25) is 0 Å². The van der Waals surface area contributed by atoms with Crippen LogP contribution < -0.4 is 5.32 Å². The Hall–Kier alpha value is -2.59. The number of rotatable bonds is 6. The summed E-state index contributed by atoms with van der Waals surface area (Å²) in [6, 6.07) is 23.5. The van der Waals surface area contributed by atoms with E-state index in [1.807, 2.05) is 66.7 Å². The minimum absolute atomic E-state index is 0.00670. The summed E-state index contributed by atoms with van der Waals surface area (Å²) >= 11 is 1.56. The molecule has 4 heteroatoms. The van der Waals surface area contributed by atoms with Crippen molar-refractivity contribution < 1.29 is 4.79 Å². The average molecular weight is 348 g/mol. The second-order valence-corrected chi connectivity index (χ2v) is 6.74. The summed E-state index contributed by atoms with van der Waals surface area (Å²) in [5, 5.41) is 3.12. The summed E-state index contributed by atoms with van der Waals surface area (Å²) in [6.45, 7) is 2.06. The molecule has 1 unspecified atom stereocenters. The van der Waals surface area contributed by atoms with Crippen LogP contribution >= 0.6 is 11.8 Å². The maximum atomic E-state index is 12.5. The molecular formula is C21H20N2OS. The number of hydrogen-bond donors (Lipinski definition) is 1. The van der Waals surface area contributed by atoms with Crippen LogP contribution in [0.4, 0.5) is 0 Å². The zero-order chi connectivity index (χ0) is 17.5. The number of nitrogens with zero attached hydrogens (tertiary/aromatic N) is 1. The van der Waals surface area contributed by atoms with E-state index in [9.17, 15) is 4.79 Å². The highest BCUT2D eigenvalue weighted by Crippen LogP contribution is 2.23. The van der Waals surface area contributed by atoms with Gasteiger partial charge in [-0.1, -0.05) is 54.6 Å². The number of thioether (sulfide) groups is 1. The molecule has 0 fully saturated rings. The highest BCUT2D eigenvalue weighted by molar-refractivity contribution is 8.00. The Labute approximate surface area is 152 Å². The number of aromatic nitrogens is 1. The predicted octanol–water partition coefficient (Wildman–Crippen LogP) is 4.39. The molecule has 25 heavy (non-hydrogen) atoms. The van der Waals surface area contributed by atoms with Crippen LogP contribution in [0.1, 0.15) is 22.9 Å². The lowest BCUT2D eigenvalue weighted by Crippen LogP contribution is -2.31. The lowest BCUT2D eigenvalue weighted by molar-refractivity contribution is -0.119. The van der Waals surface area contributed by atoms with Gasteiger partial charge in [0.25, 0.3) is 0 Å². The van der Waals surface area contributed by atoms with Gasteiger partial charge in [-0.25, -0.2) is 0 Å². The Morgan fingerprint density at radius 3 is 2.44 bits per heavy atom. The van der Waals surface area contributed by atoms with Crippen molar-refractivity contribution in [3.05, 3.63) is 95.8 Å². The van der Waals surface area contributed by atoms with Gasteiger partial charge in [-0.05, 0) is 36.2 Å².